The van der Waals surface area contributed by atoms with Gasteiger partial charge in [0, 0.05) is 11.9 Å². The lowest BCUT2D eigenvalue weighted by atomic mass is 9.96. The molecular formula is C18H22ClN3O3. The molecule has 0 radical (unpaired) electrons. The zero-order valence-electron chi connectivity index (χ0n) is 14.6. The maximum Gasteiger partial charge on any atom is 0.261 e. The lowest BCUT2D eigenvalue weighted by Gasteiger charge is -2.28. The highest BCUT2D eigenvalue weighted by Gasteiger charge is 2.42. The first-order valence-corrected chi connectivity index (χ1v) is 8.83. The van der Waals surface area contributed by atoms with Crippen LogP contribution in [0.25, 0.3) is 0 Å². The van der Waals surface area contributed by atoms with E-state index in [9.17, 15) is 4.79 Å². The molecule has 1 amide bonds. The monoisotopic (exact) mass is 363 g/mol. The van der Waals surface area contributed by atoms with Crippen molar-refractivity contribution in [2.75, 3.05) is 0 Å². The van der Waals surface area contributed by atoms with Gasteiger partial charge in [0.15, 0.2) is 11.9 Å². The Morgan fingerprint density at radius 1 is 1.36 bits per heavy atom. The van der Waals surface area contributed by atoms with Gasteiger partial charge < -0.3 is 14.6 Å². The number of benzene rings is 1. The van der Waals surface area contributed by atoms with Crippen LogP contribution in [-0.2, 0) is 10.3 Å². The van der Waals surface area contributed by atoms with E-state index in [4.69, 9.17) is 20.9 Å². The molecule has 1 heterocycles. The number of rotatable bonds is 5. The average molecular weight is 364 g/mol. The first kappa shape index (κ1) is 17.7. The number of amides is 1. The molecule has 1 unspecified atom stereocenters. The fourth-order valence-electron chi connectivity index (χ4n) is 3.20. The molecular weight excluding hydrogens is 342 g/mol. The molecule has 6 nitrogen and oxygen atoms in total. The number of carbonyl (C=O) groups is 1. The molecule has 1 atom stereocenters. The van der Waals surface area contributed by atoms with Crippen LogP contribution in [0.15, 0.2) is 22.7 Å². The van der Waals surface area contributed by atoms with E-state index in [0.29, 0.717) is 22.5 Å². The minimum atomic E-state index is -0.648. The number of hydrogen-bond acceptors (Lipinski definition) is 5. The zero-order valence-corrected chi connectivity index (χ0v) is 15.4. The highest BCUT2D eigenvalue weighted by Crippen LogP contribution is 2.37. The van der Waals surface area contributed by atoms with Crippen LogP contribution in [0.3, 0.4) is 0 Å². The Morgan fingerprint density at radius 3 is 2.68 bits per heavy atom. The van der Waals surface area contributed by atoms with Crippen molar-refractivity contribution in [2.24, 2.45) is 0 Å². The van der Waals surface area contributed by atoms with Crippen molar-refractivity contribution in [1.82, 2.24) is 15.5 Å². The van der Waals surface area contributed by atoms with Gasteiger partial charge in [0.1, 0.15) is 11.3 Å². The maximum absolute atomic E-state index is 12.7. The fourth-order valence-corrected chi connectivity index (χ4v) is 3.43. The molecule has 0 spiro atoms. The van der Waals surface area contributed by atoms with Crippen molar-refractivity contribution in [3.63, 3.8) is 0 Å². The van der Waals surface area contributed by atoms with E-state index in [1.165, 1.54) is 0 Å². The van der Waals surface area contributed by atoms with Gasteiger partial charge >= 0.3 is 0 Å². The number of halogens is 1. The standard InChI is InChI=1S/C18H22ClN3O3/c1-11-10-14(19)6-7-15(11)24-12(2)16(23)21-18(8-4-5-9-18)17-20-13(3)25-22-17/h6-7,10,12H,4-5,8-9H2,1-3H3,(H,21,23). The first-order chi connectivity index (χ1) is 11.9. The molecule has 1 aliphatic rings. The molecule has 1 aromatic carbocycles. The normalized spacial score (nSPS) is 17.3. The van der Waals surface area contributed by atoms with Crippen molar-refractivity contribution >= 4 is 17.5 Å². The van der Waals surface area contributed by atoms with Gasteiger partial charge in [0.25, 0.3) is 5.91 Å². The fraction of sp³-hybridized carbons (Fsp3) is 0.500. The molecule has 1 aliphatic carbocycles. The molecule has 134 valence electrons. The highest BCUT2D eigenvalue weighted by atomic mass is 35.5. The van der Waals surface area contributed by atoms with Gasteiger partial charge in [0.2, 0.25) is 5.89 Å². The van der Waals surface area contributed by atoms with Crippen molar-refractivity contribution < 1.29 is 14.1 Å². The Hall–Kier alpha value is -2.08. The van der Waals surface area contributed by atoms with Gasteiger partial charge in [-0.1, -0.05) is 29.6 Å². The molecule has 1 N–H and O–H groups in total. The summed E-state index contributed by atoms with van der Waals surface area (Å²) in [6.07, 6.45) is 2.97. The zero-order chi connectivity index (χ0) is 18.0. The summed E-state index contributed by atoms with van der Waals surface area (Å²) < 4.78 is 10.9. The predicted octanol–water partition coefficient (Wildman–Crippen LogP) is 3.69. The number of carbonyl (C=O) groups excluding carboxylic acids is 1. The van der Waals surface area contributed by atoms with Crippen LogP contribution in [0.1, 0.15) is 49.9 Å². The summed E-state index contributed by atoms with van der Waals surface area (Å²) in [5.41, 5.74) is 0.318. The van der Waals surface area contributed by atoms with E-state index in [1.54, 1.807) is 26.0 Å². The third-order valence-electron chi connectivity index (χ3n) is 4.59. The largest absolute Gasteiger partial charge is 0.481 e. The van der Waals surface area contributed by atoms with E-state index < -0.39 is 11.6 Å². The van der Waals surface area contributed by atoms with Crippen LogP contribution in [-0.4, -0.2) is 22.2 Å². The molecule has 1 saturated carbocycles. The molecule has 1 aromatic heterocycles. The highest BCUT2D eigenvalue weighted by molar-refractivity contribution is 6.30. The van der Waals surface area contributed by atoms with Crippen molar-refractivity contribution in [1.29, 1.82) is 0 Å². The summed E-state index contributed by atoms with van der Waals surface area (Å²) in [4.78, 5) is 17.1. The van der Waals surface area contributed by atoms with E-state index in [2.05, 4.69) is 15.5 Å². The second-order valence-electron chi connectivity index (χ2n) is 6.59. The lowest BCUT2D eigenvalue weighted by Crippen LogP contribution is -2.49. The Labute approximate surface area is 151 Å². The van der Waals surface area contributed by atoms with Crippen molar-refractivity contribution in [2.45, 2.75) is 58.1 Å². The van der Waals surface area contributed by atoms with Crippen LogP contribution in [0.4, 0.5) is 0 Å². The number of ether oxygens (including phenoxy) is 1. The summed E-state index contributed by atoms with van der Waals surface area (Å²) in [7, 11) is 0. The number of hydrogen-bond donors (Lipinski definition) is 1. The van der Waals surface area contributed by atoms with Crippen molar-refractivity contribution in [3.8, 4) is 5.75 Å². The SMILES string of the molecule is Cc1nc(C2(NC(=O)C(C)Oc3ccc(Cl)cc3C)CCCC2)no1. The average Bonchev–Trinajstić information content (AvgIpc) is 3.20. The summed E-state index contributed by atoms with van der Waals surface area (Å²) in [6.45, 7) is 5.37. The maximum atomic E-state index is 12.7. The number of aromatic nitrogens is 2. The smallest absolute Gasteiger partial charge is 0.261 e. The second kappa shape index (κ2) is 7.04. The van der Waals surface area contributed by atoms with Gasteiger partial charge in [-0.25, -0.2) is 0 Å². The Morgan fingerprint density at radius 2 is 2.08 bits per heavy atom. The van der Waals surface area contributed by atoms with Gasteiger partial charge in [-0.3, -0.25) is 4.79 Å². The number of nitrogens with one attached hydrogen (secondary N) is 1. The van der Waals surface area contributed by atoms with Crippen molar-refractivity contribution in [3.05, 3.63) is 40.5 Å². The minimum Gasteiger partial charge on any atom is -0.481 e. The third kappa shape index (κ3) is 3.79. The third-order valence-corrected chi connectivity index (χ3v) is 4.82. The van der Waals surface area contributed by atoms with Gasteiger partial charge in [-0.2, -0.15) is 4.98 Å². The molecule has 3 rings (SSSR count). The molecule has 0 bridgehead atoms. The van der Waals surface area contributed by atoms with Crippen LogP contribution in [0.5, 0.6) is 5.75 Å². The van der Waals surface area contributed by atoms with E-state index in [1.807, 2.05) is 13.0 Å². The molecule has 1 fully saturated rings. The van der Waals surface area contributed by atoms with E-state index in [-0.39, 0.29) is 5.91 Å². The Balaban J connectivity index is 1.73. The predicted molar refractivity (Wildman–Crippen MR) is 93.6 cm³/mol. The van der Waals surface area contributed by atoms with Crippen LogP contribution >= 0.6 is 11.6 Å². The van der Waals surface area contributed by atoms with Gasteiger partial charge in [0.05, 0.1) is 0 Å². The summed E-state index contributed by atoms with van der Waals surface area (Å²) in [5, 5.41) is 7.77. The van der Waals surface area contributed by atoms with Gasteiger partial charge in [-0.15, -0.1) is 0 Å². The van der Waals surface area contributed by atoms with Crippen LogP contribution in [0.2, 0.25) is 5.02 Å². The Kier molecular flexibility index (Phi) is 4.99. The van der Waals surface area contributed by atoms with Crippen LogP contribution < -0.4 is 10.1 Å². The lowest BCUT2D eigenvalue weighted by molar-refractivity contribution is -0.129. The molecule has 25 heavy (non-hydrogen) atoms. The Bertz CT molecular complexity index is 769. The summed E-state index contributed by atoms with van der Waals surface area (Å²) >= 11 is 5.96. The molecule has 0 aliphatic heterocycles. The summed E-state index contributed by atoms with van der Waals surface area (Å²) in [6, 6.07) is 5.33. The van der Waals surface area contributed by atoms with E-state index >= 15 is 0 Å². The van der Waals surface area contributed by atoms with E-state index in [0.717, 1.165) is 31.2 Å². The number of nitrogens with zero attached hydrogens (tertiary/aromatic N) is 2. The van der Waals surface area contributed by atoms with Gasteiger partial charge in [-0.05, 0) is 50.5 Å². The first-order valence-electron chi connectivity index (χ1n) is 8.45. The molecule has 7 heteroatoms. The molecule has 0 saturated heterocycles. The molecule has 2 aromatic rings. The minimum absolute atomic E-state index is 0.196. The van der Waals surface area contributed by atoms with Crippen LogP contribution in [0, 0.1) is 13.8 Å². The number of aryl methyl sites for hydroxylation is 2. The quantitative estimate of drug-likeness (QED) is 0.876. The topological polar surface area (TPSA) is 77.2 Å². The summed E-state index contributed by atoms with van der Waals surface area (Å²) in [5.74, 6) is 1.49. The second-order valence-corrected chi connectivity index (χ2v) is 7.02.